The Kier molecular flexibility index (Phi) is 3.17. The summed E-state index contributed by atoms with van der Waals surface area (Å²) in [7, 11) is 0. The van der Waals surface area contributed by atoms with Crippen LogP contribution < -0.4 is 4.90 Å². The molecule has 0 aromatic carbocycles. The zero-order chi connectivity index (χ0) is 12.2. The number of hydrogen-bond donors (Lipinski definition) is 0. The van der Waals surface area contributed by atoms with Gasteiger partial charge in [-0.3, -0.25) is 9.97 Å². The van der Waals surface area contributed by atoms with Crippen LogP contribution >= 0.6 is 0 Å². The topological polar surface area (TPSA) is 41.9 Å². The zero-order valence-electron chi connectivity index (χ0n) is 10.2. The Labute approximate surface area is 107 Å². The van der Waals surface area contributed by atoms with E-state index < -0.39 is 0 Å². The third kappa shape index (κ3) is 2.32. The molecular formula is C14H16N4. The first-order valence-electron chi connectivity index (χ1n) is 6.35. The van der Waals surface area contributed by atoms with Gasteiger partial charge in [-0.1, -0.05) is 6.07 Å². The van der Waals surface area contributed by atoms with Crippen molar-refractivity contribution in [1.29, 1.82) is 0 Å². The van der Waals surface area contributed by atoms with Gasteiger partial charge in [-0.25, -0.2) is 4.98 Å². The van der Waals surface area contributed by atoms with Crippen molar-refractivity contribution in [3.63, 3.8) is 0 Å². The van der Waals surface area contributed by atoms with Crippen LogP contribution in [0, 0.1) is 0 Å². The molecule has 1 saturated heterocycles. The highest BCUT2D eigenvalue weighted by molar-refractivity contribution is 5.39. The molecule has 0 amide bonds. The maximum Gasteiger partial charge on any atom is 0.128 e. The molecule has 3 heterocycles. The predicted molar refractivity (Wildman–Crippen MR) is 70.5 cm³/mol. The molecule has 0 radical (unpaired) electrons. The van der Waals surface area contributed by atoms with Gasteiger partial charge in [-0.05, 0) is 25.0 Å². The fourth-order valence-corrected chi connectivity index (χ4v) is 2.49. The average Bonchev–Trinajstić information content (AvgIpc) is 2.49. The van der Waals surface area contributed by atoms with Gasteiger partial charge in [0.2, 0.25) is 0 Å². The van der Waals surface area contributed by atoms with E-state index in [2.05, 4.69) is 25.9 Å². The molecule has 2 aromatic heterocycles. The fraction of sp³-hybridized carbons (Fsp3) is 0.357. The number of aromatic nitrogens is 3. The largest absolute Gasteiger partial charge is 0.356 e. The molecule has 92 valence electrons. The molecule has 0 aliphatic carbocycles. The summed E-state index contributed by atoms with van der Waals surface area (Å²) in [5.41, 5.74) is 1.10. The lowest BCUT2D eigenvalue weighted by Gasteiger charge is -2.33. The molecule has 0 spiro atoms. The Morgan fingerprint density at radius 1 is 1.11 bits per heavy atom. The van der Waals surface area contributed by atoms with Crippen LogP contribution in [0.5, 0.6) is 0 Å². The van der Waals surface area contributed by atoms with E-state index in [0.717, 1.165) is 24.6 Å². The van der Waals surface area contributed by atoms with E-state index in [1.165, 1.54) is 12.8 Å². The summed E-state index contributed by atoms with van der Waals surface area (Å²) in [5.74, 6) is 1.53. The Morgan fingerprint density at radius 3 is 2.89 bits per heavy atom. The number of pyridine rings is 1. The van der Waals surface area contributed by atoms with E-state index in [1.54, 1.807) is 12.4 Å². The van der Waals surface area contributed by atoms with Gasteiger partial charge in [0.25, 0.3) is 0 Å². The van der Waals surface area contributed by atoms with Gasteiger partial charge in [0, 0.05) is 43.8 Å². The first kappa shape index (κ1) is 11.1. The first-order chi connectivity index (χ1) is 8.93. The molecule has 18 heavy (non-hydrogen) atoms. The second-order valence-corrected chi connectivity index (χ2v) is 4.60. The molecule has 0 saturated carbocycles. The van der Waals surface area contributed by atoms with Crippen LogP contribution in [0.3, 0.4) is 0 Å². The second-order valence-electron chi connectivity index (χ2n) is 4.60. The van der Waals surface area contributed by atoms with Crippen molar-refractivity contribution in [3.05, 3.63) is 48.7 Å². The Morgan fingerprint density at radius 2 is 2.11 bits per heavy atom. The van der Waals surface area contributed by atoms with Gasteiger partial charge < -0.3 is 4.90 Å². The van der Waals surface area contributed by atoms with Gasteiger partial charge in [-0.2, -0.15) is 0 Å². The van der Waals surface area contributed by atoms with Gasteiger partial charge in [0.05, 0.1) is 5.69 Å². The third-order valence-corrected chi connectivity index (χ3v) is 3.40. The molecular weight excluding hydrogens is 224 g/mol. The van der Waals surface area contributed by atoms with E-state index in [0.29, 0.717) is 5.92 Å². The molecule has 0 bridgehead atoms. The normalized spacial score (nSPS) is 19.8. The highest BCUT2D eigenvalue weighted by Gasteiger charge is 2.22. The monoisotopic (exact) mass is 240 g/mol. The van der Waals surface area contributed by atoms with Crippen LogP contribution in [-0.2, 0) is 0 Å². The smallest absolute Gasteiger partial charge is 0.128 e. The summed E-state index contributed by atoms with van der Waals surface area (Å²) in [4.78, 5) is 15.3. The zero-order valence-corrected chi connectivity index (χ0v) is 10.2. The second kappa shape index (κ2) is 5.12. The van der Waals surface area contributed by atoms with Crippen LogP contribution in [0.2, 0.25) is 0 Å². The van der Waals surface area contributed by atoms with Crippen LogP contribution in [0.15, 0.2) is 43.0 Å². The maximum absolute atomic E-state index is 4.42. The predicted octanol–water partition coefficient (Wildman–Crippen LogP) is 2.26. The summed E-state index contributed by atoms with van der Waals surface area (Å²) in [6.07, 6.45) is 9.59. The van der Waals surface area contributed by atoms with Crippen molar-refractivity contribution in [3.8, 4) is 0 Å². The Hall–Kier alpha value is -1.97. The lowest BCUT2D eigenvalue weighted by Crippen LogP contribution is -2.35. The van der Waals surface area contributed by atoms with E-state index >= 15 is 0 Å². The van der Waals surface area contributed by atoms with Gasteiger partial charge in [0.1, 0.15) is 5.82 Å². The van der Waals surface area contributed by atoms with Crippen molar-refractivity contribution >= 4 is 5.82 Å². The van der Waals surface area contributed by atoms with Crippen LogP contribution in [0.4, 0.5) is 5.82 Å². The molecule has 2 aromatic rings. The van der Waals surface area contributed by atoms with E-state index in [4.69, 9.17) is 0 Å². The van der Waals surface area contributed by atoms with Crippen molar-refractivity contribution in [2.24, 2.45) is 0 Å². The van der Waals surface area contributed by atoms with Crippen molar-refractivity contribution in [1.82, 2.24) is 15.0 Å². The van der Waals surface area contributed by atoms with Gasteiger partial charge >= 0.3 is 0 Å². The quantitative estimate of drug-likeness (QED) is 0.807. The van der Waals surface area contributed by atoms with Crippen LogP contribution in [0.25, 0.3) is 0 Å². The number of rotatable bonds is 2. The minimum atomic E-state index is 0.467. The van der Waals surface area contributed by atoms with E-state index in [1.807, 2.05) is 24.5 Å². The molecule has 1 atom stereocenters. The highest BCUT2D eigenvalue weighted by Crippen LogP contribution is 2.27. The molecule has 0 N–H and O–H groups in total. The number of nitrogens with zero attached hydrogens (tertiary/aromatic N) is 4. The SMILES string of the molecule is c1ccc(N2CCCC(c3cnccn3)C2)nc1. The molecule has 3 rings (SSSR count). The van der Waals surface area contributed by atoms with E-state index in [9.17, 15) is 0 Å². The number of anilines is 1. The molecule has 4 heteroatoms. The molecule has 1 fully saturated rings. The van der Waals surface area contributed by atoms with Crippen molar-refractivity contribution < 1.29 is 0 Å². The maximum atomic E-state index is 4.42. The summed E-state index contributed by atoms with van der Waals surface area (Å²) < 4.78 is 0. The third-order valence-electron chi connectivity index (χ3n) is 3.40. The lowest BCUT2D eigenvalue weighted by atomic mass is 9.95. The van der Waals surface area contributed by atoms with Gasteiger partial charge in [0.15, 0.2) is 0 Å². The minimum absolute atomic E-state index is 0.467. The summed E-state index contributed by atoms with van der Waals surface area (Å²) >= 11 is 0. The Bertz CT molecular complexity index is 440. The first-order valence-corrected chi connectivity index (χ1v) is 6.35. The fourth-order valence-electron chi connectivity index (χ4n) is 2.49. The average molecular weight is 240 g/mol. The summed E-state index contributed by atoms with van der Waals surface area (Å²) in [6, 6.07) is 6.06. The highest BCUT2D eigenvalue weighted by atomic mass is 15.2. The number of piperidine rings is 1. The van der Waals surface area contributed by atoms with Crippen molar-refractivity contribution in [2.45, 2.75) is 18.8 Å². The van der Waals surface area contributed by atoms with Gasteiger partial charge in [-0.15, -0.1) is 0 Å². The molecule has 1 unspecified atom stereocenters. The lowest BCUT2D eigenvalue weighted by molar-refractivity contribution is 0.497. The standard InChI is InChI=1S/C14H16N4/c1-2-6-17-14(5-1)18-9-3-4-12(11-18)13-10-15-7-8-16-13/h1-2,5-8,10,12H,3-4,9,11H2. The molecule has 1 aliphatic rings. The summed E-state index contributed by atoms with van der Waals surface area (Å²) in [5, 5.41) is 0. The molecule has 4 nitrogen and oxygen atoms in total. The minimum Gasteiger partial charge on any atom is -0.356 e. The van der Waals surface area contributed by atoms with Crippen molar-refractivity contribution in [2.75, 3.05) is 18.0 Å². The molecule has 1 aliphatic heterocycles. The van der Waals surface area contributed by atoms with Crippen LogP contribution in [-0.4, -0.2) is 28.0 Å². The van der Waals surface area contributed by atoms with E-state index in [-0.39, 0.29) is 0 Å². The van der Waals surface area contributed by atoms with Crippen LogP contribution in [0.1, 0.15) is 24.5 Å². The number of hydrogen-bond acceptors (Lipinski definition) is 4. The summed E-state index contributed by atoms with van der Waals surface area (Å²) in [6.45, 7) is 2.06. The Balaban J connectivity index is 1.77.